The van der Waals surface area contributed by atoms with Gasteiger partial charge in [-0.15, -0.1) is 0 Å². The monoisotopic (exact) mass is 195 g/mol. The van der Waals surface area contributed by atoms with Gasteiger partial charge in [0.2, 0.25) is 0 Å². The molecule has 0 aliphatic rings. The second-order valence-electron chi connectivity index (χ2n) is 2.47. The maximum Gasteiger partial charge on any atom is 0.0658 e. The molecule has 0 bridgehead atoms. The Hall–Kier alpha value is -0.760. The van der Waals surface area contributed by atoms with Gasteiger partial charge >= 0.3 is 0 Å². The molecular formula is C11H17NS. The minimum Gasteiger partial charge on any atom is -0.298 e. The Labute approximate surface area is 85.1 Å². The van der Waals surface area contributed by atoms with Crippen LogP contribution in [0.1, 0.15) is 26.3 Å². The zero-order valence-electron chi connectivity index (χ0n) is 8.72. The number of nitrogens with one attached hydrogen (secondary N) is 1. The molecule has 0 radical (unpaired) electrons. The van der Waals surface area contributed by atoms with Crippen molar-refractivity contribution < 1.29 is 0 Å². The summed E-state index contributed by atoms with van der Waals surface area (Å²) in [5.74, 6) is 0. The fourth-order valence-electron chi connectivity index (χ4n) is 0.783. The van der Waals surface area contributed by atoms with Gasteiger partial charge in [0, 0.05) is 4.90 Å². The predicted molar refractivity (Wildman–Crippen MR) is 61.8 cm³/mol. The summed E-state index contributed by atoms with van der Waals surface area (Å²) in [4.78, 5) is 1.14. The van der Waals surface area contributed by atoms with Gasteiger partial charge in [-0.2, -0.15) is 0 Å². The summed E-state index contributed by atoms with van der Waals surface area (Å²) in [6.45, 7) is 7.86. The molecule has 0 saturated carbocycles. The lowest BCUT2D eigenvalue weighted by atomic mass is 10.2. The van der Waals surface area contributed by atoms with Crippen LogP contribution >= 0.6 is 11.8 Å². The number of hydrogen-bond donors (Lipinski definition) is 1. The Morgan fingerprint density at radius 3 is 2.00 bits per heavy atom. The van der Waals surface area contributed by atoms with E-state index in [4.69, 9.17) is 5.41 Å². The first-order valence-electron chi connectivity index (χ1n) is 4.48. The minimum absolute atomic E-state index is 0.633. The van der Waals surface area contributed by atoms with Gasteiger partial charge in [0.05, 0.1) is 5.04 Å². The highest BCUT2D eigenvalue weighted by Gasteiger charge is 1.93. The molecule has 0 aliphatic heterocycles. The van der Waals surface area contributed by atoms with E-state index in [-0.39, 0.29) is 0 Å². The van der Waals surface area contributed by atoms with Gasteiger partial charge in [0.25, 0.3) is 0 Å². The average molecular weight is 195 g/mol. The van der Waals surface area contributed by atoms with E-state index in [2.05, 4.69) is 19.1 Å². The SMILES string of the molecule is CC.CC(=N)Sc1ccc(C)cc1. The Morgan fingerprint density at radius 1 is 1.15 bits per heavy atom. The molecule has 2 heteroatoms. The van der Waals surface area contributed by atoms with Crippen LogP contribution in [0, 0.1) is 12.3 Å². The highest BCUT2D eigenvalue weighted by Crippen LogP contribution is 2.18. The molecule has 1 aromatic carbocycles. The fraction of sp³-hybridized carbons (Fsp3) is 0.364. The van der Waals surface area contributed by atoms with Crippen LogP contribution in [0.15, 0.2) is 29.2 Å². The van der Waals surface area contributed by atoms with Crippen molar-refractivity contribution in [2.24, 2.45) is 0 Å². The highest BCUT2D eigenvalue weighted by atomic mass is 32.2. The highest BCUT2D eigenvalue weighted by molar-refractivity contribution is 8.13. The Kier molecular flexibility index (Phi) is 6.33. The molecular weight excluding hydrogens is 178 g/mol. The smallest absolute Gasteiger partial charge is 0.0658 e. The second kappa shape index (κ2) is 6.72. The molecule has 0 heterocycles. The Morgan fingerprint density at radius 2 is 1.62 bits per heavy atom. The third-order valence-electron chi connectivity index (χ3n) is 1.29. The third-order valence-corrected chi connectivity index (χ3v) is 2.11. The van der Waals surface area contributed by atoms with Crippen molar-refractivity contribution in [2.75, 3.05) is 0 Å². The van der Waals surface area contributed by atoms with E-state index in [0.717, 1.165) is 4.90 Å². The van der Waals surface area contributed by atoms with Gasteiger partial charge in [0.1, 0.15) is 0 Å². The molecule has 0 saturated heterocycles. The number of rotatable bonds is 1. The third kappa shape index (κ3) is 5.47. The van der Waals surface area contributed by atoms with E-state index in [0.29, 0.717) is 5.04 Å². The van der Waals surface area contributed by atoms with Gasteiger partial charge in [0.15, 0.2) is 0 Å². The van der Waals surface area contributed by atoms with Crippen LogP contribution in [-0.4, -0.2) is 5.04 Å². The van der Waals surface area contributed by atoms with Crippen LogP contribution in [0.2, 0.25) is 0 Å². The van der Waals surface area contributed by atoms with E-state index in [9.17, 15) is 0 Å². The zero-order chi connectivity index (χ0) is 10.3. The minimum atomic E-state index is 0.633. The molecule has 1 N–H and O–H groups in total. The van der Waals surface area contributed by atoms with Crippen LogP contribution in [0.3, 0.4) is 0 Å². The summed E-state index contributed by atoms with van der Waals surface area (Å²) in [7, 11) is 0. The van der Waals surface area contributed by atoms with Crippen LogP contribution in [0.5, 0.6) is 0 Å². The summed E-state index contributed by atoms with van der Waals surface area (Å²) in [6.07, 6.45) is 0. The van der Waals surface area contributed by atoms with E-state index in [1.165, 1.54) is 17.3 Å². The molecule has 1 aromatic rings. The molecule has 0 amide bonds. The summed E-state index contributed by atoms with van der Waals surface area (Å²) in [5, 5.41) is 7.88. The van der Waals surface area contributed by atoms with Crippen molar-refractivity contribution >= 4 is 16.8 Å². The molecule has 72 valence electrons. The van der Waals surface area contributed by atoms with Crippen LogP contribution in [-0.2, 0) is 0 Å². The van der Waals surface area contributed by atoms with Crippen LogP contribution < -0.4 is 0 Å². The van der Waals surface area contributed by atoms with Gasteiger partial charge in [-0.1, -0.05) is 43.3 Å². The number of benzene rings is 1. The summed E-state index contributed by atoms with van der Waals surface area (Å²) in [5.41, 5.74) is 1.26. The van der Waals surface area contributed by atoms with Crippen molar-refractivity contribution in [1.29, 1.82) is 5.41 Å². The first kappa shape index (κ1) is 12.2. The van der Waals surface area contributed by atoms with Gasteiger partial charge in [-0.05, 0) is 26.0 Å². The Balaban J connectivity index is 0.000000671. The second-order valence-corrected chi connectivity index (χ2v) is 3.76. The molecule has 0 fully saturated rings. The first-order chi connectivity index (χ1) is 6.18. The van der Waals surface area contributed by atoms with Crippen LogP contribution in [0.4, 0.5) is 0 Å². The molecule has 13 heavy (non-hydrogen) atoms. The van der Waals surface area contributed by atoms with E-state index >= 15 is 0 Å². The Bertz CT molecular complexity index is 251. The van der Waals surface area contributed by atoms with Gasteiger partial charge in [-0.25, -0.2) is 0 Å². The average Bonchev–Trinajstić information content (AvgIpc) is 2.12. The van der Waals surface area contributed by atoms with E-state index < -0.39 is 0 Å². The van der Waals surface area contributed by atoms with E-state index in [1.807, 2.05) is 26.0 Å². The molecule has 0 atom stereocenters. The summed E-state index contributed by atoms with van der Waals surface area (Å²) >= 11 is 1.49. The number of aryl methyl sites for hydroxylation is 1. The lowest BCUT2D eigenvalue weighted by Gasteiger charge is -1.98. The lowest BCUT2D eigenvalue weighted by Crippen LogP contribution is -1.79. The topological polar surface area (TPSA) is 23.9 Å². The largest absolute Gasteiger partial charge is 0.298 e. The van der Waals surface area contributed by atoms with Crippen molar-refractivity contribution in [1.82, 2.24) is 0 Å². The molecule has 1 rings (SSSR count). The standard InChI is InChI=1S/C9H11NS.C2H6/c1-7-3-5-9(6-4-7)11-8(2)10;1-2/h3-6,10H,1-2H3;1-2H3. The molecule has 0 aliphatic carbocycles. The molecule has 0 spiro atoms. The van der Waals surface area contributed by atoms with Crippen molar-refractivity contribution in [3.05, 3.63) is 29.8 Å². The number of thioether (sulfide) groups is 1. The maximum absolute atomic E-state index is 7.25. The fourth-order valence-corrected chi connectivity index (χ4v) is 1.41. The van der Waals surface area contributed by atoms with Gasteiger partial charge < -0.3 is 0 Å². The molecule has 0 unspecified atom stereocenters. The predicted octanol–water partition coefficient (Wildman–Crippen LogP) is 4.11. The number of hydrogen-bond acceptors (Lipinski definition) is 2. The van der Waals surface area contributed by atoms with Crippen molar-refractivity contribution in [2.45, 2.75) is 32.6 Å². The summed E-state index contributed by atoms with van der Waals surface area (Å²) < 4.78 is 0. The molecule has 1 nitrogen and oxygen atoms in total. The zero-order valence-corrected chi connectivity index (χ0v) is 9.53. The normalized spacial score (nSPS) is 8.62. The van der Waals surface area contributed by atoms with Crippen molar-refractivity contribution in [3.8, 4) is 0 Å². The first-order valence-corrected chi connectivity index (χ1v) is 5.30. The summed E-state index contributed by atoms with van der Waals surface area (Å²) in [6, 6.07) is 8.20. The molecule has 0 aromatic heterocycles. The van der Waals surface area contributed by atoms with Crippen LogP contribution in [0.25, 0.3) is 0 Å². The quantitative estimate of drug-likeness (QED) is 0.407. The lowest BCUT2D eigenvalue weighted by molar-refractivity contribution is 1.38. The van der Waals surface area contributed by atoms with E-state index in [1.54, 1.807) is 6.92 Å². The van der Waals surface area contributed by atoms with Gasteiger partial charge in [-0.3, -0.25) is 5.41 Å². The maximum atomic E-state index is 7.25. The van der Waals surface area contributed by atoms with Crippen molar-refractivity contribution in [3.63, 3.8) is 0 Å².